The lowest BCUT2D eigenvalue weighted by molar-refractivity contribution is 0.302. The number of rotatable bonds is 8. The standard InChI is InChI=1S/C13H29N/c1-6-9-11(4)10-12(5)13(7-2)14-8-3/h11-14H,6-10H2,1-5H3. The van der Waals surface area contributed by atoms with E-state index in [2.05, 4.69) is 39.9 Å². The summed E-state index contributed by atoms with van der Waals surface area (Å²) in [7, 11) is 0. The zero-order valence-corrected chi connectivity index (χ0v) is 10.8. The Bertz CT molecular complexity index is 122. The maximum Gasteiger partial charge on any atom is 0.00900 e. The van der Waals surface area contributed by atoms with Gasteiger partial charge in [0.1, 0.15) is 0 Å². The molecule has 0 bridgehead atoms. The SMILES string of the molecule is CCCC(C)CC(C)C(CC)NCC. The summed E-state index contributed by atoms with van der Waals surface area (Å²) in [6, 6.07) is 0.722. The van der Waals surface area contributed by atoms with Gasteiger partial charge in [-0.3, -0.25) is 0 Å². The van der Waals surface area contributed by atoms with Gasteiger partial charge in [-0.25, -0.2) is 0 Å². The molecule has 0 amide bonds. The van der Waals surface area contributed by atoms with Crippen LogP contribution in [0.15, 0.2) is 0 Å². The summed E-state index contributed by atoms with van der Waals surface area (Å²) in [6.45, 7) is 12.6. The van der Waals surface area contributed by atoms with Gasteiger partial charge in [0.25, 0.3) is 0 Å². The Morgan fingerprint density at radius 3 is 2.14 bits per heavy atom. The summed E-state index contributed by atoms with van der Waals surface area (Å²) in [5, 5.41) is 3.58. The Kier molecular flexibility index (Phi) is 8.26. The maximum atomic E-state index is 3.58. The monoisotopic (exact) mass is 199 g/mol. The molecule has 3 unspecified atom stereocenters. The molecule has 0 heterocycles. The highest BCUT2D eigenvalue weighted by molar-refractivity contribution is 4.73. The zero-order valence-electron chi connectivity index (χ0n) is 10.8. The van der Waals surface area contributed by atoms with Crippen molar-refractivity contribution < 1.29 is 0 Å². The second-order valence-corrected chi connectivity index (χ2v) is 4.68. The molecule has 0 aromatic heterocycles. The van der Waals surface area contributed by atoms with Gasteiger partial charge in [0.05, 0.1) is 0 Å². The first kappa shape index (κ1) is 14.0. The first-order valence-electron chi connectivity index (χ1n) is 6.38. The predicted molar refractivity (Wildman–Crippen MR) is 65.6 cm³/mol. The van der Waals surface area contributed by atoms with Crippen LogP contribution in [0.2, 0.25) is 0 Å². The average molecular weight is 199 g/mol. The number of hydrogen-bond acceptors (Lipinski definition) is 1. The second-order valence-electron chi connectivity index (χ2n) is 4.68. The maximum absolute atomic E-state index is 3.58. The summed E-state index contributed by atoms with van der Waals surface area (Å²) in [5.41, 5.74) is 0. The molecule has 0 rings (SSSR count). The number of hydrogen-bond donors (Lipinski definition) is 1. The van der Waals surface area contributed by atoms with E-state index in [1.54, 1.807) is 0 Å². The molecule has 14 heavy (non-hydrogen) atoms. The molecule has 0 spiro atoms. The van der Waals surface area contributed by atoms with E-state index in [1.165, 1.54) is 25.7 Å². The van der Waals surface area contributed by atoms with E-state index in [0.29, 0.717) is 0 Å². The van der Waals surface area contributed by atoms with Crippen molar-refractivity contribution in [2.45, 2.75) is 66.3 Å². The summed E-state index contributed by atoms with van der Waals surface area (Å²) >= 11 is 0. The zero-order chi connectivity index (χ0) is 11.0. The summed E-state index contributed by atoms with van der Waals surface area (Å²) in [4.78, 5) is 0. The Hall–Kier alpha value is -0.0400. The minimum Gasteiger partial charge on any atom is -0.314 e. The van der Waals surface area contributed by atoms with Crippen molar-refractivity contribution in [3.8, 4) is 0 Å². The van der Waals surface area contributed by atoms with Crippen molar-refractivity contribution in [1.29, 1.82) is 0 Å². The molecule has 1 heteroatoms. The molecular formula is C13H29N. The van der Waals surface area contributed by atoms with Crippen LogP contribution < -0.4 is 5.32 Å². The van der Waals surface area contributed by atoms with Crippen LogP contribution in [-0.2, 0) is 0 Å². The molecule has 0 radical (unpaired) electrons. The van der Waals surface area contributed by atoms with E-state index in [1.807, 2.05) is 0 Å². The van der Waals surface area contributed by atoms with Gasteiger partial charge in [-0.15, -0.1) is 0 Å². The molecule has 0 saturated carbocycles. The van der Waals surface area contributed by atoms with Crippen LogP contribution in [0.3, 0.4) is 0 Å². The Balaban J connectivity index is 3.83. The summed E-state index contributed by atoms with van der Waals surface area (Å²) in [5.74, 6) is 1.71. The molecule has 0 aromatic carbocycles. The third-order valence-corrected chi connectivity index (χ3v) is 3.15. The van der Waals surface area contributed by atoms with Gasteiger partial charge in [0.15, 0.2) is 0 Å². The van der Waals surface area contributed by atoms with Gasteiger partial charge in [-0.2, -0.15) is 0 Å². The van der Waals surface area contributed by atoms with E-state index in [4.69, 9.17) is 0 Å². The van der Waals surface area contributed by atoms with Crippen LogP contribution in [0.1, 0.15) is 60.3 Å². The fourth-order valence-corrected chi connectivity index (χ4v) is 2.42. The molecule has 0 saturated heterocycles. The third-order valence-electron chi connectivity index (χ3n) is 3.15. The van der Waals surface area contributed by atoms with E-state index in [9.17, 15) is 0 Å². The smallest absolute Gasteiger partial charge is 0.00900 e. The lowest BCUT2D eigenvalue weighted by atomic mass is 9.88. The van der Waals surface area contributed by atoms with Crippen LogP contribution >= 0.6 is 0 Å². The Morgan fingerprint density at radius 2 is 1.71 bits per heavy atom. The van der Waals surface area contributed by atoms with Crippen molar-refractivity contribution >= 4 is 0 Å². The minimum atomic E-state index is 0.722. The average Bonchev–Trinajstić information content (AvgIpc) is 2.14. The van der Waals surface area contributed by atoms with Crippen LogP contribution in [0, 0.1) is 11.8 Å². The minimum absolute atomic E-state index is 0.722. The first-order chi connectivity index (χ1) is 6.65. The van der Waals surface area contributed by atoms with E-state index < -0.39 is 0 Å². The van der Waals surface area contributed by atoms with Crippen LogP contribution in [0.25, 0.3) is 0 Å². The summed E-state index contributed by atoms with van der Waals surface area (Å²) in [6.07, 6.45) is 5.34. The highest BCUT2D eigenvalue weighted by Crippen LogP contribution is 2.20. The Labute approximate surface area is 90.7 Å². The first-order valence-corrected chi connectivity index (χ1v) is 6.38. The van der Waals surface area contributed by atoms with Crippen molar-refractivity contribution in [3.63, 3.8) is 0 Å². The van der Waals surface area contributed by atoms with E-state index in [0.717, 1.165) is 24.4 Å². The molecule has 1 N–H and O–H groups in total. The van der Waals surface area contributed by atoms with E-state index >= 15 is 0 Å². The molecule has 3 atom stereocenters. The van der Waals surface area contributed by atoms with Gasteiger partial charge in [0.2, 0.25) is 0 Å². The molecule has 86 valence electrons. The largest absolute Gasteiger partial charge is 0.314 e. The number of nitrogens with one attached hydrogen (secondary N) is 1. The normalized spacial score (nSPS) is 17.8. The Morgan fingerprint density at radius 1 is 1.07 bits per heavy atom. The molecular weight excluding hydrogens is 170 g/mol. The van der Waals surface area contributed by atoms with Gasteiger partial charge in [-0.05, 0) is 31.2 Å². The van der Waals surface area contributed by atoms with Crippen molar-refractivity contribution in [1.82, 2.24) is 5.32 Å². The molecule has 0 aliphatic rings. The lowest BCUT2D eigenvalue weighted by Gasteiger charge is -2.26. The second kappa shape index (κ2) is 8.28. The molecule has 0 aromatic rings. The van der Waals surface area contributed by atoms with Crippen LogP contribution in [-0.4, -0.2) is 12.6 Å². The van der Waals surface area contributed by atoms with Crippen molar-refractivity contribution in [2.24, 2.45) is 11.8 Å². The quantitative estimate of drug-likeness (QED) is 0.626. The van der Waals surface area contributed by atoms with Gasteiger partial charge >= 0.3 is 0 Å². The van der Waals surface area contributed by atoms with Gasteiger partial charge < -0.3 is 5.32 Å². The van der Waals surface area contributed by atoms with Crippen LogP contribution in [0.4, 0.5) is 0 Å². The van der Waals surface area contributed by atoms with Gasteiger partial charge in [0, 0.05) is 6.04 Å². The molecule has 1 nitrogen and oxygen atoms in total. The fourth-order valence-electron chi connectivity index (χ4n) is 2.42. The highest BCUT2D eigenvalue weighted by Gasteiger charge is 2.16. The molecule has 0 aliphatic heterocycles. The van der Waals surface area contributed by atoms with E-state index in [-0.39, 0.29) is 0 Å². The topological polar surface area (TPSA) is 12.0 Å². The predicted octanol–water partition coefficient (Wildman–Crippen LogP) is 3.84. The van der Waals surface area contributed by atoms with Crippen molar-refractivity contribution in [2.75, 3.05) is 6.54 Å². The lowest BCUT2D eigenvalue weighted by Crippen LogP contribution is -2.34. The van der Waals surface area contributed by atoms with Crippen LogP contribution in [0.5, 0.6) is 0 Å². The van der Waals surface area contributed by atoms with Crippen molar-refractivity contribution in [3.05, 3.63) is 0 Å². The van der Waals surface area contributed by atoms with Gasteiger partial charge in [-0.1, -0.05) is 47.5 Å². The fraction of sp³-hybridized carbons (Fsp3) is 1.00. The molecule has 0 aliphatic carbocycles. The molecule has 0 fully saturated rings. The third kappa shape index (κ3) is 5.64. The summed E-state index contributed by atoms with van der Waals surface area (Å²) < 4.78 is 0. The highest BCUT2D eigenvalue weighted by atomic mass is 14.9.